The smallest absolute Gasteiger partial charge is 0.118 e. The highest BCUT2D eigenvalue weighted by Gasteiger charge is 2.39. The predicted molar refractivity (Wildman–Crippen MR) is 131 cm³/mol. The Kier molecular flexibility index (Phi) is 6.26. The molecule has 6 heteroatoms. The van der Waals surface area contributed by atoms with Crippen molar-refractivity contribution in [3.63, 3.8) is 0 Å². The third-order valence-electron chi connectivity index (χ3n) is 6.06. The average Bonchev–Trinajstić information content (AvgIpc) is 2.73. The van der Waals surface area contributed by atoms with E-state index in [1.54, 1.807) is 7.11 Å². The highest BCUT2D eigenvalue weighted by Crippen LogP contribution is 2.47. The normalized spacial score (nSPS) is 21.8. The molecule has 1 heterocycles. The van der Waals surface area contributed by atoms with Gasteiger partial charge in [0.15, 0.2) is 0 Å². The fraction of sp³-hybridized carbons (Fsp3) is 0.333. The van der Waals surface area contributed by atoms with E-state index < -0.39 is 0 Å². The lowest BCUT2D eigenvalue weighted by Gasteiger charge is -2.45. The van der Waals surface area contributed by atoms with Crippen LogP contribution in [0.2, 0.25) is 0 Å². The number of nitrogens with zero attached hydrogens (tertiary/aromatic N) is 2. The maximum Gasteiger partial charge on any atom is 0.118 e. The topological polar surface area (TPSA) is 41.7 Å². The molecule has 1 aliphatic heterocycles. The van der Waals surface area contributed by atoms with Crippen LogP contribution in [0.25, 0.3) is 0 Å². The van der Waals surface area contributed by atoms with Crippen LogP contribution in [-0.4, -0.2) is 24.5 Å². The Hall–Kier alpha value is -1.78. The van der Waals surface area contributed by atoms with Crippen LogP contribution < -0.4 is 20.9 Å². The maximum absolute atomic E-state index is 6.53. The van der Waals surface area contributed by atoms with Gasteiger partial charge in [0, 0.05) is 23.4 Å². The molecule has 4 nitrogen and oxygen atoms in total. The number of hydrazine groups is 1. The highest BCUT2D eigenvalue weighted by molar-refractivity contribution is 7.97. The van der Waals surface area contributed by atoms with E-state index in [4.69, 9.17) is 10.6 Å². The van der Waals surface area contributed by atoms with Crippen molar-refractivity contribution in [2.75, 3.05) is 25.2 Å². The van der Waals surface area contributed by atoms with E-state index >= 15 is 0 Å². The van der Waals surface area contributed by atoms with Crippen molar-refractivity contribution in [2.45, 2.75) is 31.6 Å². The summed E-state index contributed by atoms with van der Waals surface area (Å²) in [6.45, 7) is 6.68. The first kappa shape index (κ1) is 21.5. The number of benzene rings is 2. The number of ether oxygens (including phenoxy) is 1. The summed E-state index contributed by atoms with van der Waals surface area (Å²) in [5, 5.41) is 3.00. The molecule has 0 aromatic heterocycles. The SMILES string of the molecule is COc1ccc(SN2CCC3=CC(N(N)c4ccc(P)cc4)=C(C)CC3(C)C2)cc1. The Morgan fingerprint density at radius 1 is 1.13 bits per heavy atom. The number of piperidine rings is 1. The molecule has 2 aromatic rings. The third kappa shape index (κ3) is 4.45. The molecule has 0 spiro atoms. The van der Waals surface area contributed by atoms with Gasteiger partial charge in [0.25, 0.3) is 0 Å². The standard InChI is InChI=1S/C24H30N3OPS/c1-17-15-24(2)16-26(30-22-10-6-20(28-3)7-11-22)13-12-18(24)14-23(17)27(25)19-4-8-21(29)9-5-19/h4-11,14H,12-13,15-16,25,29H2,1-3H3. The van der Waals surface area contributed by atoms with E-state index in [1.807, 2.05) is 29.1 Å². The van der Waals surface area contributed by atoms with Crippen LogP contribution >= 0.6 is 21.2 Å². The van der Waals surface area contributed by atoms with Gasteiger partial charge in [-0.15, -0.1) is 9.24 Å². The van der Waals surface area contributed by atoms with E-state index in [9.17, 15) is 0 Å². The number of methoxy groups -OCH3 is 1. The third-order valence-corrected chi connectivity index (χ3v) is 7.50. The number of anilines is 1. The fourth-order valence-electron chi connectivity index (χ4n) is 4.41. The van der Waals surface area contributed by atoms with Gasteiger partial charge in [0.05, 0.1) is 18.5 Å². The minimum atomic E-state index is 0.149. The van der Waals surface area contributed by atoms with Crippen molar-refractivity contribution in [1.29, 1.82) is 0 Å². The van der Waals surface area contributed by atoms with E-state index in [0.29, 0.717) is 0 Å². The minimum Gasteiger partial charge on any atom is -0.497 e. The van der Waals surface area contributed by atoms with Crippen LogP contribution in [0.5, 0.6) is 5.75 Å². The molecule has 0 amide bonds. The first-order chi connectivity index (χ1) is 14.4. The van der Waals surface area contributed by atoms with Gasteiger partial charge in [0.1, 0.15) is 5.75 Å². The Morgan fingerprint density at radius 3 is 2.50 bits per heavy atom. The quantitative estimate of drug-likeness (QED) is 0.311. The summed E-state index contributed by atoms with van der Waals surface area (Å²) >= 11 is 1.84. The number of hydrogen-bond acceptors (Lipinski definition) is 5. The molecule has 2 atom stereocenters. The van der Waals surface area contributed by atoms with Gasteiger partial charge in [-0.05, 0) is 85.1 Å². The van der Waals surface area contributed by atoms with Crippen molar-refractivity contribution in [2.24, 2.45) is 11.3 Å². The number of hydrogen-bond donors (Lipinski definition) is 1. The number of allylic oxidation sites excluding steroid dienone is 2. The van der Waals surface area contributed by atoms with E-state index in [2.05, 4.69) is 69.9 Å². The van der Waals surface area contributed by atoms with Gasteiger partial charge in [-0.2, -0.15) is 0 Å². The molecule has 4 rings (SSSR count). The zero-order chi connectivity index (χ0) is 21.3. The van der Waals surface area contributed by atoms with Gasteiger partial charge >= 0.3 is 0 Å². The molecule has 2 aliphatic rings. The lowest BCUT2D eigenvalue weighted by Crippen LogP contribution is -2.43. The first-order valence-electron chi connectivity index (χ1n) is 10.3. The van der Waals surface area contributed by atoms with Crippen LogP contribution in [0.1, 0.15) is 26.7 Å². The maximum atomic E-state index is 6.53. The van der Waals surface area contributed by atoms with Crippen molar-refractivity contribution >= 4 is 32.2 Å². The Bertz CT molecular complexity index is 971. The highest BCUT2D eigenvalue weighted by atomic mass is 32.2. The fourth-order valence-corrected chi connectivity index (χ4v) is 5.69. The number of rotatable bonds is 5. The summed E-state index contributed by atoms with van der Waals surface area (Å²) in [5.74, 6) is 7.43. The summed E-state index contributed by atoms with van der Waals surface area (Å²) < 4.78 is 7.77. The van der Waals surface area contributed by atoms with Crippen molar-refractivity contribution in [1.82, 2.24) is 4.31 Å². The zero-order valence-electron chi connectivity index (χ0n) is 17.9. The molecule has 0 saturated carbocycles. The molecule has 2 unspecified atom stereocenters. The molecule has 0 radical (unpaired) electrons. The molecular formula is C24H30N3OPS. The number of fused-ring (bicyclic) bond motifs is 1. The number of nitrogens with two attached hydrogens (primary N) is 1. The molecular weight excluding hydrogens is 409 g/mol. The Balaban J connectivity index is 1.49. The molecule has 30 heavy (non-hydrogen) atoms. The zero-order valence-corrected chi connectivity index (χ0v) is 19.9. The lowest BCUT2D eigenvalue weighted by atomic mass is 9.70. The van der Waals surface area contributed by atoms with Gasteiger partial charge in [-0.3, -0.25) is 5.01 Å². The molecule has 2 aromatic carbocycles. The van der Waals surface area contributed by atoms with Gasteiger partial charge in [-0.25, -0.2) is 10.1 Å². The van der Waals surface area contributed by atoms with Crippen LogP contribution in [0.15, 0.2) is 76.3 Å². The minimum absolute atomic E-state index is 0.149. The van der Waals surface area contributed by atoms with Crippen LogP contribution in [-0.2, 0) is 0 Å². The van der Waals surface area contributed by atoms with E-state index in [1.165, 1.54) is 16.0 Å². The first-order valence-corrected chi connectivity index (χ1v) is 11.6. The van der Waals surface area contributed by atoms with Crippen LogP contribution in [0.4, 0.5) is 5.69 Å². The van der Waals surface area contributed by atoms with Crippen molar-refractivity contribution < 1.29 is 4.74 Å². The lowest BCUT2D eigenvalue weighted by molar-refractivity contribution is 0.242. The second kappa shape index (κ2) is 8.76. The molecule has 1 saturated heterocycles. The average molecular weight is 440 g/mol. The Morgan fingerprint density at radius 2 is 1.83 bits per heavy atom. The van der Waals surface area contributed by atoms with E-state index in [0.717, 1.165) is 48.4 Å². The summed E-state index contributed by atoms with van der Waals surface area (Å²) in [6.07, 6.45) is 4.43. The van der Waals surface area contributed by atoms with Crippen LogP contribution in [0.3, 0.4) is 0 Å². The van der Waals surface area contributed by atoms with Gasteiger partial charge < -0.3 is 4.74 Å². The largest absolute Gasteiger partial charge is 0.497 e. The molecule has 2 N–H and O–H groups in total. The Labute approximate surface area is 186 Å². The molecule has 158 valence electrons. The summed E-state index contributed by atoms with van der Waals surface area (Å²) in [7, 11) is 4.42. The molecule has 1 aliphatic carbocycles. The summed E-state index contributed by atoms with van der Waals surface area (Å²) in [6, 6.07) is 16.6. The second-order valence-corrected chi connectivity index (χ2v) is 10.3. The van der Waals surface area contributed by atoms with Crippen LogP contribution in [0, 0.1) is 5.41 Å². The summed E-state index contributed by atoms with van der Waals surface area (Å²) in [5.41, 5.74) is 5.15. The van der Waals surface area contributed by atoms with Crippen molar-refractivity contribution in [3.05, 3.63) is 71.5 Å². The predicted octanol–water partition coefficient (Wildman–Crippen LogP) is 4.90. The van der Waals surface area contributed by atoms with E-state index in [-0.39, 0.29) is 5.41 Å². The monoisotopic (exact) mass is 439 g/mol. The van der Waals surface area contributed by atoms with Gasteiger partial charge in [-0.1, -0.05) is 24.6 Å². The molecule has 1 fully saturated rings. The van der Waals surface area contributed by atoms with Crippen molar-refractivity contribution in [3.8, 4) is 5.75 Å². The summed E-state index contributed by atoms with van der Waals surface area (Å²) in [4.78, 5) is 1.25. The van der Waals surface area contributed by atoms with Gasteiger partial charge in [0.2, 0.25) is 0 Å². The molecule has 0 bridgehead atoms. The second-order valence-electron chi connectivity index (χ2n) is 8.41.